The number of thiazole rings is 1. The molecule has 0 unspecified atom stereocenters. The van der Waals surface area contributed by atoms with E-state index in [9.17, 15) is 0 Å². The Labute approximate surface area is 111 Å². The van der Waals surface area contributed by atoms with Gasteiger partial charge in [-0.1, -0.05) is 23.5 Å². The molecule has 2 aromatic rings. The van der Waals surface area contributed by atoms with Crippen molar-refractivity contribution in [1.29, 1.82) is 0 Å². The fourth-order valence-corrected chi connectivity index (χ4v) is 2.79. The van der Waals surface area contributed by atoms with E-state index in [1.54, 1.807) is 6.20 Å². The SMILES string of the molecule is c1ccc(N2CCCCC2)c(Oc2nccs2)c1. The minimum atomic E-state index is 0.708. The molecule has 0 saturated carbocycles. The van der Waals surface area contributed by atoms with Crippen LogP contribution in [0.3, 0.4) is 0 Å². The lowest BCUT2D eigenvalue weighted by atomic mass is 10.1. The average molecular weight is 260 g/mol. The number of hydrogen-bond donors (Lipinski definition) is 0. The van der Waals surface area contributed by atoms with E-state index in [2.05, 4.69) is 22.0 Å². The zero-order valence-corrected chi connectivity index (χ0v) is 11.0. The molecule has 0 atom stereocenters. The number of rotatable bonds is 3. The predicted molar refractivity (Wildman–Crippen MR) is 74.7 cm³/mol. The standard InChI is InChI=1S/C14H16N2OS/c1-4-9-16(10-5-1)12-6-2-3-7-13(12)17-14-15-8-11-18-14/h2-3,6-8,11H,1,4-5,9-10H2. The molecule has 3 rings (SSSR count). The zero-order valence-electron chi connectivity index (χ0n) is 10.2. The quantitative estimate of drug-likeness (QED) is 0.836. The Balaban J connectivity index is 1.84. The molecule has 1 aromatic heterocycles. The van der Waals surface area contributed by atoms with E-state index < -0.39 is 0 Å². The van der Waals surface area contributed by atoms with Gasteiger partial charge in [-0.3, -0.25) is 0 Å². The molecule has 0 amide bonds. The maximum absolute atomic E-state index is 5.87. The summed E-state index contributed by atoms with van der Waals surface area (Å²) in [6, 6.07) is 8.23. The topological polar surface area (TPSA) is 25.4 Å². The molecule has 1 aromatic carbocycles. The van der Waals surface area contributed by atoms with Crippen LogP contribution >= 0.6 is 11.3 Å². The average Bonchev–Trinajstić information content (AvgIpc) is 2.93. The number of ether oxygens (including phenoxy) is 1. The Morgan fingerprint density at radius 2 is 1.94 bits per heavy atom. The van der Waals surface area contributed by atoms with Crippen LogP contribution in [0.25, 0.3) is 0 Å². The summed E-state index contributed by atoms with van der Waals surface area (Å²) in [5.74, 6) is 0.911. The lowest BCUT2D eigenvalue weighted by molar-refractivity contribution is 0.473. The molecule has 1 aliphatic rings. The van der Waals surface area contributed by atoms with Crippen molar-refractivity contribution >= 4 is 17.0 Å². The summed E-state index contributed by atoms with van der Waals surface area (Å²) < 4.78 is 5.87. The van der Waals surface area contributed by atoms with E-state index in [4.69, 9.17) is 4.74 Å². The van der Waals surface area contributed by atoms with Gasteiger partial charge in [-0.15, -0.1) is 0 Å². The first-order valence-corrected chi connectivity index (χ1v) is 7.23. The second-order valence-electron chi connectivity index (χ2n) is 4.42. The van der Waals surface area contributed by atoms with Crippen LogP contribution in [0.2, 0.25) is 0 Å². The number of anilines is 1. The molecule has 4 heteroatoms. The molecule has 0 radical (unpaired) electrons. The fourth-order valence-electron chi connectivity index (χ4n) is 2.29. The van der Waals surface area contributed by atoms with Crippen LogP contribution in [0.1, 0.15) is 19.3 Å². The van der Waals surface area contributed by atoms with Crippen molar-refractivity contribution in [1.82, 2.24) is 4.98 Å². The van der Waals surface area contributed by atoms with Gasteiger partial charge >= 0.3 is 0 Å². The van der Waals surface area contributed by atoms with E-state index >= 15 is 0 Å². The third-order valence-corrected chi connectivity index (χ3v) is 3.82. The van der Waals surface area contributed by atoms with Gasteiger partial charge in [0.15, 0.2) is 5.75 Å². The van der Waals surface area contributed by atoms with Crippen molar-refractivity contribution in [2.24, 2.45) is 0 Å². The molecular formula is C14H16N2OS. The van der Waals surface area contributed by atoms with Crippen LogP contribution in [-0.4, -0.2) is 18.1 Å². The predicted octanol–water partition coefficient (Wildman–Crippen LogP) is 3.93. The van der Waals surface area contributed by atoms with Gasteiger partial charge in [0.2, 0.25) is 0 Å². The van der Waals surface area contributed by atoms with Crippen molar-refractivity contribution < 1.29 is 4.74 Å². The van der Waals surface area contributed by atoms with Crippen molar-refractivity contribution in [3.63, 3.8) is 0 Å². The van der Waals surface area contributed by atoms with Crippen molar-refractivity contribution in [3.8, 4) is 10.9 Å². The first-order chi connectivity index (χ1) is 8.93. The first kappa shape index (κ1) is 11.5. The summed E-state index contributed by atoms with van der Waals surface area (Å²) in [6.45, 7) is 2.25. The first-order valence-electron chi connectivity index (χ1n) is 6.35. The van der Waals surface area contributed by atoms with Gasteiger partial charge in [-0.25, -0.2) is 4.98 Å². The number of para-hydroxylation sites is 2. The highest BCUT2D eigenvalue weighted by Crippen LogP contribution is 2.34. The molecule has 0 spiro atoms. The Bertz CT molecular complexity index is 492. The molecule has 1 saturated heterocycles. The molecule has 1 aliphatic heterocycles. The second-order valence-corrected chi connectivity index (χ2v) is 5.27. The van der Waals surface area contributed by atoms with Gasteiger partial charge in [-0.2, -0.15) is 0 Å². The van der Waals surface area contributed by atoms with E-state index in [1.807, 2.05) is 17.5 Å². The molecule has 3 nitrogen and oxygen atoms in total. The Kier molecular flexibility index (Phi) is 3.46. The maximum Gasteiger partial charge on any atom is 0.278 e. The summed E-state index contributed by atoms with van der Waals surface area (Å²) in [5, 5.41) is 2.64. The van der Waals surface area contributed by atoms with E-state index in [0.717, 1.165) is 18.8 Å². The van der Waals surface area contributed by atoms with Gasteiger partial charge in [0.05, 0.1) is 5.69 Å². The minimum Gasteiger partial charge on any atom is -0.429 e. The van der Waals surface area contributed by atoms with Crippen molar-refractivity contribution in [2.45, 2.75) is 19.3 Å². The number of piperidine rings is 1. The molecule has 0 aliphatic carbocycles. The Morgan fingerprint density at radius 3 is 2.72 bits per heavy atom. The molecule has 0 bridgehead atoms. The molecule has 1 fully saturated rings. The normalized spacial score (nSPS) is 15.7. The van der Waals surface area contributed by atoms with Crippen LogP contribution in [0.15, 0.2) is 35.8 Å². The van der Waals surface area contributed by atoms with Gasteiger partial charge in [0.1, 0.15) is 0 Å². The molecule has 0 N–H and O–H groups in total. The third kappa shape index (κ3) is 2.48. The molecule has 2 heterocycles. The van der Waals surface area contributed by atoms with E-state index in [1.165, 1.54) is 36.3 Å². The summed E-state index contributed by atoms with van der Waals surface area (Å²) in [4.78, 5) is 6.58. The zero-order chi connectivity index (χ0) is 12.2. The van der Waals surface area contributed by atoms with Gasteiger partial charge in [-0.05, 0) is 31.4 Å². The van der Waals surface area contributed by atoms with Gasteiger partial charge in [0.25, 0.3) is 5.19 Å². The lowest BCUT2D eigenvalue weighted by Gasteiger charge is -2.29. The Hall–Kier alpha value is -1.55. The third-order valence-electron chi connectivity index (χ3n) is 3.17. The highest BCUT2D eigenvalue weighted by Gasteiger charge is 2.15. The van der Waals surface area contributed by atoms with Crippen molar-refractivity contribution in [3.05, 3.63) is 35.8 Å². The largest absolute Gasteiger partial charge is 0.429 e. The van der Waals surface area contributed by atoms with Gasteiger partial charge in [0, 0.05) is 24.7 Å². The number of hydrogen-bond acceptors (Lipinski definition) is 4. The molecule has 94 valence electrons. The molecule has 18 heavy (non-hydrogen) atoms. The number of aromatic nitrogens is 1. The monoisotopic (exact) mass is 260 g/mol. The van der Waals surface area contributed by atoms with E-state index in [0.29, 0.717) is 5.19 Å². The number of nitrogens with zero attached hydrogens (tertiary/aromatic N) is 2. The van der Waals surface area contributed by atoms with Gasteiger partial charge < -0.3 is 9.64 Å². The Morgan fingerprint density at radius 1 is 1.11 bits per heavy atom. The smallest absolute Gasteiger partial charge is 0.278 e. The summed E-state index contributed by atoms with van der Waals surface area (Å²) in [5.41, 5.74) is 1.19. The summed E-state index contributed by atoms with van der Waals surface area (Å²) in [6.07, 6.45) is 5.65. The van der Waals surface area contributed by atoms with Crippen LogP contribution in [0, 0.1) is 0 Å². The highest BCUT2D eigenvalue weighted by molar-refractivity contribution is 7.11. The minimum absolute atomic E-state index is 0.708. The highest BCUT2D eigenvalue weighted by atomic mass is 32.1. The summed E-state index contributed by atoms with van der Waals surface area (Å²) in [7, 11) is 0. The van der Waals surface area contributed by atoms with E-state index in [-0.39, 0.29) is 0 Å². The second kappa shape index (κ2) is 5.40. The van der Waals surface area contributed by atoms with Crippen LogP contribution in [-0.2, 0) is 0 Å². The molecular weight excluding hydrogens is 244 g/mol. The van der Waals surface area contributed by atoms with Crippen molar-refractivity contribution in [2.75, 3.05) is 18.0 Å². The fraction of sp³-hybridized carbons (Fsp3) is 0.357. The van der Waals surface area contributed by atoms with Crippen LogP contribution < -0.4 is 9.64 Å². The number of benzene rings is 1. The summed E-state index contributed by atoms with van der Waals surface area (Å²) >= 11 is 1.52. The van der Waals surface area contributed by atoms with Crippen LogP contribution in [0.4, 0.5) is 5.69 Å². The maximum atomic E-state index is 5.87. The van der Waals surface area contributed by atoms with Crippen LogP contribution in [0.5, 0.6) is 10.9 Å². The lowest BCUT2D eigenvalue weighted by Crippen LogP contribution is -2.29.